The molecule has 0 bridgehead atoms. The maximum atomic E-state index is 11.5. The third-order valence-electron chi connectivity index (χ3n) is 5.38. The summed E-state index contributed by atoms with van der Waals surface area (Å²) in [6.45, 7) is 5.94. The van der Waals surface area contributed by atoms with Crippen LogP contribution >= 0.6 is 0 Å². The Labute approximate surface area is 142 Å². The van der Waals surface area contributed by atoms with Crippen molar-refractivity contribution in [1.82, 2.24) is 9.80 Å². The first-order chi connectivity index (χ1) is 11.5. The van der Waals surface area contributed by atoms with Crippen LogP contribution in [-0.2, 0) is 6.54 Å². The molecule has 0 unspecified atom stereocenters. The van der Waals surface area contributed by atoms with Crippen LogP contribution in [0.3, 0.4) is 0 Å². The average molecular weight is 335 g/mol. The first kappa shape index (κ1) is 17.0. The summed E-state index contributed by atoms with van der Waals surface area (Å²) in [5, 5.41) is 11.5. The van der Waals surface area contributed by atoms with Crippen LogP contribution in [-0.4, -0.2) is 60.7 Å². The van der Waals surface area contributed by atoms with Crippen LogP contribution in [0.5, 0.6) is 11.5 Å². The maximum absolute atomic E-state index is 11.5. The highest BCUT2D eigenvalue weighted by atomic mass is 16.6. The molecular formula is C17H25N3O4. The molecule has 0 amide bonds. The number of nitrogens with zero attached hydrogens (tertiary/aromatic N) is 3. The number of nitro groups is 1. The van der Waals surface area contributed by atoms with E-state index in [1.54, 1.807) is 13.2 Å². The van der Waals surface area contributed by atoms with Gasteiger partial charge in [0.2, 0.25) is 0 Å². The topological polar surface area (TPSA) is 68.1 Å². The minimum Gasteiger partial charge on any atom is -0.493 e. The number of hydrogen-bond donors (Lipinski definition) is 0. The number of piperazine rings is 1. The number of fused-ring (bicyclic) bond motifs is 1. The van der Waals surface area contributed by atoms with Gasteiger partial charge in [-0.1, -0.05) is 0 Å². The molecule has 24 heavy (non-hydrogen) atoms. The third-order valence-corrected chi connectivity index (χ3v) is 5.38. The quantitative estimate of drug-likeness (QED) is 0.607. The molecule has 7 nitrogen and oxygen atoms in total. The molecule has 2 atom stereocenters. The van der Waals surface area contributed by atoms with E-state index < -0.39 is 0 Å². The Morgan fingerprint density at radius 2 is 1.92 bits per heavy atom. The van der Waals surface area contributed by atoms with Crippen LogP contribution in [0, 0.1) is 10.1 Å². The number of benzene rings is 1. The van der Waals surface area contributed by atoms with Gasteiger partial charge in [-0.15, -0.1) is 0 Å². The molecular weight excluding hydrogens is 310 g/mol. The molecule has 0 aromatic heterocycles. The number of methoxy groups -OCH3 is 2. The van der Waals surface area contributed by atoms with Gasteiger partial charge in [0.1, 0.15) is 0 Å². The first-order valence-corrected chi connectivity index (χ1v) is 8.42. The fourth-order valence-electron chi connectivity index (χ4n) is 4.03. The molecule has 0 N–H and O–H groups in total. The molecule has 7 heteroatoms. The third kappa shape index (κ3) is 3.06. The van der Waals surface area contributed by atoms with Crippen molar-refractivity contribution in [3.8, 4) is 11.5 Å². The van der Waals surface area contributed by atoms with Gasteiger partial charge in [0.25, 0.3) is 5.69 Å². The van der Waals surface area contributed by atoms with Crippen molar-refractivity contribution < 1.29 is 14.4 Å². The zero-order chi connectivity index (χ0) is 17.3. The largest absolute Gasteiger partial charge is 0.493 e. The van der Waals surface area contributed by atoms with Gasteiger partial charge in [0, 0.05) is 37.3 Å². The average Bonchev–Trinajstić information content (AvgIpc) is 3.06. The van der Waals surface area contributed by atoms with E-state index in [1.807, 2.05) is 0 Å². The van der Waals surface area contributed by atoms with Crippen molar-refractivity contribution in [3.63, 3.8) is 0 Å². The van der Waals surface area contributed by atoms with Gasteiger partial charge < -0.3 is 9.47 Å². The van der Waals surface area contributed by atoms with Crippen molar-refractivity contribution in [3.05, 3.63) is 27.8 Å². The number of ether oxygens (including phenoxy) is 2. The molecule has 132 valence electrons. The van der Waals surface area contributed by atoms with Crippen LogP contribution in [0.1, 0.15) is 25.3 Å². The van der Waals surface area contributed by atoms with Gasteiger partial charge in [0.05, 0.1) is 25.2 Å². The second kappa shape index (κ2) is 6.94. The molecule has 2 aliphatic rings. The van der Waals surface area contributed by atoms with Crippen molar-refractivity contribution in [2.45, 2.75) is 38.4 Å². The summed E-state index contributed by atoms with van der Waals surface area (Å²) in [6, 6.07) is 4.17. The Morgan fingerprint density at radius 3 is 2.58 bits per heavy atom. The Bertz CT molecular complexity index is 622. The minimum atomic E-state index is -0.340. The second-order valence-corrected chi connectivity index (χ2v) is 6.55. The summed E-state index contributed by atoms with van der Waals surface area (Å²) < 4.78 is 10.5. The monoisotopic (exact) mass is 335 g/mol. The zero-order valence-corrected chi connectivity index (χ0v) is 14.5. The van der Waals surface area contributed by atoms with E-state index in [9.17, 15) is 10.1 Å². The molecule has 0 aliphatic carbocycles. The Hall–Kier alpha value is -1.86. The van der Waals surface area contributed by atoms with E-state index in [0.29, 0.717) is 35.7 Å². The van der Waals surface area contributed by atoms with Crippen molar-refractivity contribution >= 4 is 5.69 Å². The van der Waals surface area contributed by atoms with Gasteiger partial charge in [-0.2, -0.15) is 0 Å². The van der Waals surface area contributed by atoms with Crippen LogP contribution < -0.4 is 9.47 Å². The SMILES string of the molecule is COc1cc(CN2CCN3CCC[C@@H]3[C@@H]2C)c([N+](=O)[O-])cc1OC. The molecule has 1 aromatic rings. The Kier molecular flexibility index (Phi) is 4.91. The highest BCUT2D eigenvalue weighted by Crippen LogP contribution is 2.36. The fraction of sp³-hybridized carbons (Fsp3) is 0.647. The van der Waals surface area contributed by atoms with Gasteiger partial charge in [0.15, 0.2) is 11.5 Å². The van der Waals surface area contributed by atoms with Gasteiger partial charge >= 0.3 is 0 Å². The second-order valence-electron chi connectivity index (χ2n) is 6.55. The lowest BCUT2D eigenvalue weighted by Crippen LogP contribution is -2.55. The predicted molar refractivity (Wildman–Crippen MR) is 90.7 cm³/mol. The van der Waals surface area contributed by atoms with Crippen molar-refractivity contribution in [1.29, 1.82) is 0 Å². The van der Waals surface area contributed by atoms with Gasteiger partial charge in [-0.3, -0.25) is 19.9 Å². The molecule has 3 rings (SSSR count). The highest BCUT2D eigenvalue weighted by molar-refractivity contribution is 5.54. The molecule has 2 saturated heterocycles. The Morgan fingerprint density at radius 1 is 1.21 bits per heavy atom. The number of nitro benzene ring substituents is 1. The van der Waals surface area contributed by atoms with E-state index in [0.717, 1.165) is 13.1 Å². The predicted octanol–water partition coefficient (Wildman–Crippen LogP) is 2.28. The molecule has 0 saturated carbocycles. The maximum Gasteiger partial charge on any atom is 0.277 e. The fourth-order valence-corrected chi connectivity index (χ4v) is 4.03. The molecule has 2 fully saturated rings. The summed E-state index contributed by atoms with van der Waals surface area (Å²) in [7, 11) is 3.04. The lowest BCUT2D eigenvalue weighted by Gasteiger charge is -2.43. The molecule has 2 heterocycles. The van der Waals surface area contributed by atoms with E-state index in [-0.39, 0.29) is 10.6 Å². The summed E-state index contributed by atoms with van der Waals surface area (Å²) >= 11 is 0. The van der Waals surface area contributed by atoms with Gasteiger partial charge in [-0.05, 0) is 32.4 Å². The van der Waals surface area contributed by atoms with Crippen LogP contribution in [0.15, 0.2) is 12.1 Å². The van der Waals surface area contributed by atoms with Crippen molar-refractivity contribution in [2.24, 2.45) is 0 Å². The Balaban J connectivity index is 1.87. The van der Waals surface area contributed by atoms with E-state index in [2.05, 4.69) is 16.7 Å². The molecule has 0 radical (unpaired) electrons. The standard InChI is InChI=1S/C17H25N3O4/c1-12-14-5-4-6-18(14)7-8-19(12)11-13-9-16(23-2)17(24-3)10-15(13)20(21)22/h9-10,12,14H,4-8,11H2,1-3H3/t12-,14+/m0/s1. The van der Waals surface area contributed by atoms with E-state index in [4.69, 9.17) is 9.47 Å². The number of rotatable bonds is 5. The van der Waals surface area contributed by atoms with Crippen molar-refractivity contribution in [2.75, 3.05) is 33.9 Å². The minimum absolute atomic E-state index is 0.0914. The van der Waals surface area contributed by atoms with Gasteiger partial charge in [-0.25, -0.2) is 0 Å². The number of hydrogen-bond acceptors (Lipinski definition) is 6. The smallest absolute Gasteiger partial charge is 0.277 e. The van der Waals surface area contributed by atoms with Crippen LogP contribution in [0.2, 0.25) is 0 Å². The summed E-state index contributed by atoms with van der Waals surface area (Å²) in [5.41, 5.74) is 0.768. The molecule has 2 aliphatic heterocycles. The molecule has 0 spiro atoms. The first-order valence-electron chi connectivity index (χ1n) is 8.42. The summed E-state index contributed by atoms with van der Waals surface area (Å²) in [5.74, 6) is 0.923. The highest BCUT2D eigenvalue weighted by Gasteiger charge is 2.37. The van der Waals surface area contributed by atoms with Crippen LogP contribution in [0.25, 0.3) is 0 Å². The lowest BCUT2D eigenvalue weighted by molar-refractivity contribution is -0.385. The lowest BCUT2D eigenvalue weighted by atomic mass is 10.0. The summed E-state index contributed by atoms with van der Waals surface area (Å²) in [4.78, 5) is 16.0. The summed E-state index contributed by atoms with van der Waals surface area (Å²) in [6.07, 6.45) is 2.46. The normalized spacial score (nSPS) is 24.6. The molecule has 1 aromatic carbocycles. The van der Waals surface area contributed by atoms with E-state index >= 15 is 0 Å². The van der Waals surface area contributed by atoms with E-state index in [1.165, 1.54) is 32.6 Å². The zero-order valence-electron chi connectivity index (χ0n) is 14.5. The van der Waals surface area contributed by atoms with Crippen LogP contribution in [0.4, 0.5) is 5.69 Å².